The van der Waals surface area contributed by atoms with Crippen LogP contribution in [0, 0.1) is 28.8 Å². The maximum Gasteiger partial charge on any atom is 0.194 e. The number of rotatable bonds is 2. The van der Waals surface area contributed by atoms with Gasteiger partial charge in [-0.3, -0.25) is 0 Å². The minimum atomic E-state index is -1.57. The highest BCUT2D eigenvalue weighted by Crippen LogP contribution is 2.28. The van der Waals surface area contributed by atoms with Gasteiger partial charge in [-0.05, 0) is 5.92 Å². The summed E-state index contributed by atoms with van der Waals surface area (Å²) in [4.78, 5) is 0. The summed E-state index contributed by atoms with van der Waals surface area (Å²) in [5, 5.41) is 13.1. The maximum atomic E-state index is 13.2. The van der Waals surface area contributed by atoms with Crippen LogP contribution in [0.4, 0.5) is 13.2 Å². The van der Waals surface area contributed by atoms with Crippen LogP contribution in [-0.4, -0.2) is 9.78 Å². The molecule has 2 aromatic rings. The van der Waals surface area contributed by atoms with Crippen molar-refractivity contribution in [2.24, 2.45) is 0 Å². The fraction of sp³-hybridized carbons (Fsp3) is 0.231. The van der Waals surface area contributed by atoms with Crippen molar-refractivity contribution in [3.8, 4) is 11.8 Å². The molecule has 0 atom stereocenters. The summed E-state index contributed by atoms with van der Waals surface area (Å²) in [5.74, 6) is -4.37. The molecule has 3 nitrogen and oxygen atoms in total. The lowest BCUT2D eigenvalue weighted by Gasteiger charge is -2.05. The van der Waals surface area contributed by atoms with E-state index in [1.54, 1.807) is 13.8 Å². The number of nitriles is 1. The smallest absolute Gasteiger partial charge is 0.194 e. The van der Waals surface area contributed by atoms with Crippen LogP contribution >= 0.6 is 11.6 Å². The van der Waals surface area contributed by atoms with E-state index in [4.69, 9.17) is 16.9 Å². The Morgan fingerprint density at radius 3 is 2.20 bits per heavy atom. The molecule has 0 saturated heterocycles. The first-order chi connectivity index (χ1) is 9.36. The largest absolute Gasteiger partial charge is 0.220 e. The molecule has 0 amide bonds. The Labute approximate surface area is 118 Å². The SMILES string of the molecule is CC(C)c1nn(-c2cc(F)c(F)c(F)c2)c(Cl)c1C#N. The highest BCUT2D eigenvalue weighted by atomic mass is 35.5. The van der Waals surface area contributed by atoms with Crippen molar-refractivity contribution in [1.29, 1.82) is 5.26 Å². The van der Waals surface area contributed by atoms with Crippen LogP contribution in [-0.2, 0) is 0 Å². The van der Waals surface area contributed by atoms with Gasteiger partial charge in [0.05, 0.1) is 11.4 Å². The third-order valence-corrected chi connectivity index (χ3v) is 3.08. The number of nitrogens with zero attached hydrogens (tertiary/aromatic N) is 3. The van der Waals surface area contributed by atoms with Crippen molar-refractivity contribution in [2.45, 2.75) is 19.8 Å². The molecule has 0 saturated carbocycles. The molecule has 0 aliphatic rings. The fourth-order valence-corrected chi connectivity index (χ4v) is 2.03. The number of halogens is 4. The third-order valence-electron chi connectivity index (χ3n) is 2.73. The molecular formula is C13H9ClF3N3. The summed E-state index contributed by atoms with van der Waals surface area (Å²) < 4.78 is 40.4. The number of benzene rings is 1. The Bertz CT molecular complexity index is 693. The topological polar surface area (TPSA) is 41.6 Å². The van der Waals surface area contributed by atoms with Gasteiger partial charge in [-0.15, -0.1) is 0 Å². The van der Waals surface area contributed by atoms with Crippen molar-refractivity contribution in [1.82, 2.24) is 9.78 Å². The quantitative estimate of drug-likeness (QED) is 0.788. The Hall–Kier alpha value is -2.00. The van der Waals surface area contributed by atoms with Gasteiger partial charge in [0.1, 0.15) is 11.6 Å². The van der Waals surface area contributed by atoms with Gasteiger partial charge in [0.15, 0.2) is 22.6 Å². The molecule has 0 fully saturated rings. The van der Waals surface area contributed by atoms with Crippen LogP contribution in [0.3, 0.4) is 0 Å². The second kappa shape index (κ2) is 5.17. The van der Waals surface area contributed by atoms with E-state index in [0.29, 0.717) is 5.69 Å². The first-order valence-electron chi connectivity index (χ1n) is 5.70. The molecule has 0 bridgehead atoms. The van der Waals surface area contributed by atoms with Gasteiger partial charge >= 0.3 is 0 Å². The number of hydrogen-bond donors (Lipinski definition) is 0. The molecule has 0 unspecified atom stereocenters. The highest BCUT2D eigenvalue weighted by Gasteiger charge is 2.21. The van der Waals surface area contributed by atoms with E-state index in [1.165, 1.54) is 0 Å². The molecule has 0 radical (unpaired) electrons. The lowest BCUT2D eigenvalue weighted by molar-refractivity contribution is 0.446. The van der Waals surface area contributed by atoms with Crippen molar-refractivity contribution in [2.75, 3.05) is 0 Å². The number of aromatic nitrogens is 2. The predicted molar refractivity (Wildman–Crippen MR) is 67.3 cm³/mol. The monoisotopic (exact) mass is 299 g/mol. The first kappa shape index (κ1) is 14.4. The molecule has 7 heteroatoms. The minimum absolute atomic E-state index is 0.0680. The Balaban J connectivity index is 2.68. The minimum Gasteiger partial charge on any atom is -0.220 e. The summed E-state index contributed by atoms with van der Waals surface area (Å²) in [5.41, 5.74) is 0.448. The van der Waals surface area contributed by atoms with Crippen molar-refractivity contribution in [3.05, 3.63) is 46.0 Å². The standard InChI is InChI=1S/C13H9ClF3N3/c1-6(2)12-8(5-18)13(14)20(19-12)7-3-9(15)11(17)10(16)4-7/h3-4,6H,1-2H3. The van der Waals surface area contributed by atoms with E-state index in [1.807, 2.05) is 6.07 Å². The fourth-order valence-electron chi connectivity index (χ4n) is 1.76. The van der Waals surface area contributed by atoms with Gasteiger partial charge in [-0.1, -0.05) is 25.4 Å². The van der Waals surface area contributed by atoms with Crippen LogP contribution in [0.1, 0.15) is 31.0 Å². The summed E-state index contributed by atoms with van der Waals surface area (Å²) in [6, 6.07) is 3.43. The lowest BCUT2D eigenvalue weighted by Crippen LogP contribution is -2.02. The highest BCUT2D eigenvalue weighted by molar-refractivity contribution is 6.31. The molecule has 1 heterocycles. The molecule has 2 rings (SSSR count). The number of hydrogen-bond acceptors (Lipinski definition) is 2. The van der Waals surface area contributed by atoms with Crippen LogP contribution in [0.2, 0.25) is 5.15 Å². The zero-order chi connectivity index (χ0) is 15.0. The summed E-state index contributed by atoms with van der Waals surface area (Å²) in [7, 11) is 0. The van der Waals surface area contributed by atoms with E-state index in [-0.39, 0.29) is 22.3 Å². The Morgan fingerprint density at radius 1 is 1.25 bits per heavy atom. The Morgan fingerprint density at radius 2 is 1.80 bits per heavy atom. The van der Waals surface area contributed by atoms with Gasteiger partial charge in [-0.2, -0.15) is 10.4 Å². The van der Waals surface area contributed by atoms with E-state index in [2.05, 4.69) is 5.10 Å². The molecular weight excluding hydrogens is 291 g/mol. The normalized spacial score (nSPS) is 10.9. The predicted octanol–water partition coefficient (Wildman–Crippen LogP) is 3.94. The second-order valence-electron chi connectivity index (χ2n) is 4.45. The van der Waals surface area contributed by atoms with Crippen LogP contribution in [0.15, 0.2) is 12.1 Å². The van der Waals surface area contributed by atoms with Gasteiger partial charge in [0.25, 0.3) is 0 Å². The van der Waals surface area contributed by atoms with Crippen molar-refractivity contribution >= 4 is 11.6 Å². The van der Waals surface area contributed by atoms with Crippen molar-refractivity contribution < 1.29 is 13.2 Å². The zero-order valence-corrected chi connectivity index (χ0v) is 11.3. The molecule has 0 aliphatic heterocycles. The Kier molecular flexibility index (Phi) is 3.73. The summed E-state index contributed by atoms with van der Waals surface area (Å²) >= 11 is 5.99. The first-order valence-corrected chi connectivity index (χ1v) is 6.08. The summed E-state index contributed by atoms with van der Waals surface area (Å²) in [6.07, 6.45) is 0. The van der Waals surface area contributed by atoms with Gasteiger partial charge < -0.3 is 0 Å². The maximum absolute atomic E-state index is 13.2. The average Bonchev–Trinajstić information content (AvgIpc) is 2.72. The molecule has 20 heavy (non-hydrogen) atoms. The van der Waals surface area contributed by atoms with E-state index in [0.717, 1.165) is 16.8 Å². The molecule has 104 valence electrons. The summed E-state index contributed by atoms with van der Waals surface area (Å²) in [6.45, 7) is 3.60. The zero-order valence-electron chi connectivity index (χ0n) is 10.6. The van der Waals surface area contributed by atoms with Gasteiger partial charge in [-0.25, -0.2) is 17.9 Å². The average molecular weight is 300 g/mol. The van der Waals surface area contributed by atoms with Crippen LogP contribution in [0.25, 0.3) is 5.69 Å². The third kappa shape index (κ3) is 2.25. The van der Waals surface area contributed by atoms with E-state index < -0.39 is 17.5 Å². The van der Waals surface area contributed by atoms with E-state index in [9.17, 15) is 13.2 Å². The van der Waals surface area contributed by atoms with Crippen LogP contribution < -0.4 is 0 Å². The second-order valence-corrected chi connectivity index (χ2v) is 4.81. The van der Waals surface area contributed by atoms with Gasteiger partial charge in [0.2, 0.25) is 0 Å². The molecule has 1 aromatic heterocycles. The van der Waals surface area contributed by atoms with Gasteiger partial charge in [0, 0.05) is 12.1 Å². The molecule has 1 aromatic carbocycles. The molecule has 0 spiro atoms. The van der Waals surface area contributed by atoms with E-state index >= 15 is 0 Å². The van der Waals surface area contributed by atoms with Crippen molar-refractivity contribution in [3.63, 3.8) is 0 Å². The molecule has 0 N–H and O–H groups in total. The lowest BCUT2D eigenvalue weighted by atomic mass is 10.1. The molecule has 0 aliphatic carbocycles. The van der Waals surface area contributed by atoms with Crippen LogP contribution in [0.5, 0.6) is 0 Å².